The van der Waals surface area contributed by atoms with Crippen LogP contribution >= 0.6 is 0 Å². The first-order chi connectivity index (χ1) is 9.40. The molecule has 2 rings (SSSR count). The predicted octanol–water partition coefficient (Wildman–Crippen LogP) is 1.95. The second-order valence-corrected chi connectivity index (χ2v) is 5.50. The number of rotatable bonds is 3. The van der Waals surface area contributed by atoms with Crippen molar-refractivity contribution in [1.29, 1.82) is 0 Å². The van der Waals surface area contributed by atoms with E-state index in [0.717, 1.165) is 5.56 Å². The Morgan fingerprint density at radius 3 is 2.10 bits per heavy atom. The van der Waals surface area contributed by atoms with Gasteiger partial charge in [0.15, 0.2) is 0 Å². The van der Waals surface area contributed by atoms with Gasteiger partial charge in [-0.3, -0.25) is 10.0 Å². The Morgan fingerprint density at radius 2 is 1.65 bits per heavy atom. The zero-order chi connectivity index (χ0) is 14.9. The summed E-state index contributed by atoms with van der Waals surface area (Å²) in [5.41, 5.74) is 7.17. The lowest BCUT2D eigenvalue weighted by Gasteiger charge is -2.44. The van der Waals surface area contributed by atoms with E-state index in [-0.39, 0.29) is 30.0 Å². The molecule has 0 aliphatic carbocycles. The lowest BCUT2D eigenvalue weighted by Crippen LogP contribution is -2.67. The Balaban J connectivity index is 2.28. The zero-order valence-corrected chi connectivity index (χ0v) is 12.3. The molecule has 1 saturated heterocycles. The molecular weight excluding hydrogens is 256 g/mol. The van der Waals surface area contributed by atoms with Crippen LogP contribution < -0.4 is 10.9 Å². The number of nitrogens with zero attached hydrogens (tertiary/aromatic N) is 2. The molecule has 0 radical (unpaired) electrons. The number of nitrogens with one attached hydrogen (secondary N) is 2. The van der Waals surface area contributed by atoms with Crippen LogP contribution in [0.15, 0.2) is 24.3 Å². The lowest BCUT2D eigenvalue weighted by molar-refractivity contribution is 0.00377. The number of carbonyl (C=O) groups excluding carboxylic acids is 1. The predicted molar refractivity (Wildman–Crippen MR) is 76.5 cm³/mol. The minimum atomic E-state index is -0.260. The maximum atomic E-state index is 12.3. The van der Waals surface area contributed by atoms with E-state index < -0.39 is 0 Å². The molecule has 1 aliphatic rings. The molecule has 0 spiro atoms. The highest BCUT2D eigenvalue weighted by Gasteiger charge is 2.34. The molecule has 1 aromatic rings. The van der Waals surface area contributed by atoms with E-state index in [9.17, 15) is 9.90 Å². The summed E-state index contributed by atoms with van der Waals surface area (Å²) in [4.78, 5) is 12.3. The Kier molecular flexibility index (Phi) is 4.15. The molecule has 0 bridgehead atoms. The Morgan fingerprint density at radius 1 is 1.10 bits per heavy atom. The van der Waals surface area contributed by atoms with Gasteiger partial charge < -0.3 is 5.11 Å². The Labute approximate surface area is 119 Å². The van der Waals surface area contributed by atoms with Crippen molar-refractivity contribution in [2.75, 3.05) is 0 Å². The van der Waals surface area contributed by atoms with E-state index >= 15 is 0 Å². The summed E-state index contributed by atoms with van der Waals surface area (Å²) in [6.07, 6.45) is -0.260. The van der Waals surface area contributed by atoms with Gasteiger partial charge in [-0.1, -0.05) is 12.1 Å². The van der Waals surface area contributed by atoms with Gasteiger partial charge in [0, 0.05) is 12.1 Å². The van der Waals surface area contributed by atoms with Gasteiger partial charge in [0.2, 0.25) is 0 Å². The van der Waals surface area contributed by atoms with Crippen LogP contribution in [0.3, 0.4) is 0 Å². The van der Waals surface area contributed by atoms with Gasteiger partial charge in [-0.2, -0.15) is 0 Å². The molecule has 0 saturated carbocycles. The van der Waals surface area contributed by atoms with Crippen molar-refractivity contribution in [3.63, 3.8) is 0 Å². The fourth-order valence-electron chi connectivity index (χ4n) is 2.13. The molecule has 1 aliphatic heterocycles. The molecule has 110 valence electrons. The van der Waals surface area contributed by atoms with Gasteiger partial charge >= 0.3 is 6.03 Å². The quantitative estimate of drug-likeness (QED) is 0.790. The first kappa shape index (κ1) is 14.6. The first-order valence-electron chi connectivity index (χ1n) is 6.84. The highest BCUT2D eigenvalue weighted by Crippen LogP contribution is 2.21. The molecule has 0 aromatic heterocycles. The van der Waals surface area contributed by atoms with E-state index in [0.29, 0.717) is 0 Å². The standard InChI is InChI=1S/C14H22N4O2/c1-9(2)17-14(20)18(10(3)4)16-13(15-17)11-6-5-7-12(19)8-11/h5-10,13,15-16,19H,1-4H3. The normalized spacial score (nSPS) is 17.4. The van der Waals surface area contributed by atoms with Crippen molar-refractivity contribution in [2.45, 2.75) is 45.9 Å². The summed E-state index contributed by atoms with van der Waals surface area (Å²) < 4.78 is 0. The second kappa shape index (κ2) is 5.68. The van der Waals surface area contributed by atoms with Crippen molar-refractivity contribution >= 4 is 6.03 Å². The summed E-state index contributed by atoms with van der Waals surface area (Å²) in [6, 6.07) is 6.94. The number of benzene rings is 1. The summed E-state index contributed by atoms with van der Waals surface area (Å²) in [7, 11) is 0. The number of hydrazine groups is 2. The average molecular weight is 278 g/mol. The first-order valence-corrected chi connectivity index (χ1v) is 6.84. The molecule has 2 amide bonds. The largest absolute Gasteiger partial charge is 0.508 e. The minimum Gasteiger partial charge on any atom is -0.508 e. The number of hydrogen-bond acceptors (Lipinski definition) is 4. The fraction of sp³-hybridized carbons (Fsp3) is 0.500. The Bertz CT molecular complexity index is 470. The third kappa shape index (κ3) is 2.86. The van der Waals surface area contributed by atoms with Crippen LogP contribution in [0.4, 0.5) is 4.79 Å². The molecule has 1 aromatic carbocycles. The maximum Gasteiger partial charge on any atom is 0.349 e. The summed E-state index contributed by atoms with van der Waals surface area (Å²) >= 11 is 0. The smallest absolute Gasteiger partial charge is 0.349 e. The molecule has 6 nitrogen and oxygen atoms in total. The van der Waals surface area contributed by atoms with E-state index in [1.807, 2.05) is 33.8 Å². The van der Waals surface area contributed by atoms with Crippen molar-refractivity contribution < 1.29 is 9.90 Å². The van der Waals surface area contributed by atoms with Crippen LogP contribution in [-0.4, -0.2) is 33.2 Å². The third-order valence-electron chi connectivity index (χ3n) is 3.18. The molecule has 0 unspecified atom stereocenters. The fourth-order valence-corrected chi connectivity index (χ4v) is 2.13. The van der Waals surface area contributed by atoms with Crippen molar-refractivity contribution in [1.82, 2.24) is 20.9 Å². The highest BCUT2D eigenvalue weighted by atomic mass is 16.3. The molecular formula is C14H22N4O2. The summed E-state index contributed by atoms with van der Waals surface area (Å²) in [6.45, 7) is 7.81. The molecule has 0 atom stereocenters. The number of carbonyl (C=O) groups is 1. The van der Waals surface area contributed by atoms with Crippen LogP contribution in [0.2, 0.25) is 0 Å². The van der Waals surface area contributed by atoms with Crippen molar-refractivity contribution in [3.8, 4) is 5.75 Å². The van der Waals surface area contributed by atoms with Crippen LogP contribution in [0, 0.1) is 0 Å². The topological polar surface area (TPSA) is 67.8 Å². The van der Waals surface area contributed by atoms with E-state index in [1.165, 1.54) is 0 Å². The number of phenolic OH excluding ortho intramolecular Hbond substituents is 1. The van der Waals surface area contributed by atoms with Crippen LogP contribution in [-0.2, 0) is 0 Å². The number of phenols is 1. The van der Waals surface area contributed by atoms with Crippen LogP contribution in [0.5, 0.6) is 5.75 Å². The van der Waals surface area contributed by atoms with Crippen LogP contribution in [0.1, 0.15) is 39.4 Å². The zero-order valence-electron chi connectivity index (χ0n) is 12.3. The summed E-state index contributed by atoms with van der Waals surface area (Å²) in [5, 5.41) is 12.8. The lowest BCUT2D eigenvalue weighted by atomic mass is 10.1. The molecule has 1 fully saturated rings. The minimum absolute atomic E-state index is 0.0330. The van der Waals surface area contributed by atoms with E-state index in [1.54, 1.807) is 28.2 Å². The third-order valence-corrected chi connectivity index (χ3v) is 3.18. The maximum absolute atomic E-state index is 12.3. The Hall–Kier alpha value is -1.79. The molecule has 6 heteroatoms. The summed E-state index contributed by atoms with van der Waals surface area (Å²) in [5.74, 6) is 0.204. The van der Waals surface area contributed by atoms with Crippen molar-refractivity contribution in [3.05, 3.63) is 29.8 Å². The second-order valence-electron chi connectivity index (χ2n) is 5.50. The SMILES string of the molecule is CC(C)N1NC(c2cccc(O)c2)NN(C(C)C)C1=O. The number of aromatic hydroxyl groups is 1. The monoisotopic (exact) mass is 278 g/mol. The van der Waals surface area contributed by atoms with Gasteiger partial charge in [0.25, 0.3) is 0 Å². The van der Waals surface area contributed by atoms with Gasteiger partial charge in [-0.15, -0.1) is 0 Å². The average Bonchev–Trinajstić information content (AvgIpc) is 2.38. The molecule has 1 heterocycles. The van der Waals surface area contributed by atoms with E-state index in [2.05, 4.69) is 10.9 Å². The van der Waals surface area contributed by atoms with Gasteiger partial charge in [0.05, 0.1) is 0 Å². The highest BCUT2D eigenvalue weighted by molar-refractivity contribution is 5.74. The van der Waals surface area contributed by atoms with Gasteiger partial charge in [0.1, 0.15) is 11.9 Å². The van der Waals surface area contributed by atoms with E-state index in [4.69, 9.17) is 0 Å². The van der Waals surface area contributed by atoms with Gasteiger partial charge in [-0.05, 0) is 45.4 Å². The number of hydrogen-bond donors (Lipinski definition) is 3. The molecule has 3 N–H and O–H groups in total. The number of amides is 2. The van der Waals surface area contributed by atoms with Crippen molar-refractivity contribution in [2.24, 2.45) is 0 Å². The van der Waals surface area contributed by atoms with Gasteiger partial charge in [-0.25, -0.2) is 15.6 Å². The molecule has 20 heavy (non-hydrogen) atoms. The number of urea groups is 1. The van der Waals surface area contributed by atoms with Crippen LogP contribution in [0.25, 0.3) is 0 Å².